The van der Waals surface area contributed by atoms with Gasteiger partial charge in [-0.1, -0.05) is 30.3 Å². The minimum Gasteiger partial charge on any atom is -0.373 e. The van der Waals surface area contributed by atoms with Crippen molar-refractivity contribution in [2.45, 2.75) is 32.9 Å². The highest BCUT2D eigenvalue weighted by Crippen LogP contribution is 2.33. The number of aryl methyl sites for hydroxylation is 1. The molecule has 1 aromatic heterocycles. The first-order valence-corrected chi connectivity index (χ1v) is 9.68. The molecule has 0 amide bonds. The van der Waals surface area contributed by atoms with Gasteiger partial charge in [0, 0.05) is 36.7 Å². The molecule has 0 spiro atoms. The second-order valence-corrected chi connectivity index (χ2v) is 7.51. The van der Waals surface area contributed by atoms with Crippen LogP contribution in [0.15, 0.2) is 41.5 Å². The van der Waals surface area contributed by atoms with E-state index in [0.717, 1.165) is 37.1 Å². The van der Waals surface area contributed by atoms with E-state index in [2.05, 4.69) is 58.7 Å². The van der Waals surface area contributed by atoms with Crippen LogP contribution in [0.5, 0.6) is 0 Å². The van der Waals surface area contributed by atoms with Crippen LogP contribution in [-0.2, 0) is 11.3 Å². The average molecular weight is 359 g/mol. The molecule has 0 aliphatic carbocycles. The number of guanidine groups is 1. The Hall–Kier alpha value is -1.92. The molecule has 1 aliphatic heterocycles. The molecule has 1 fully saturated rings. The van der Waals surface area contributed by atoms with E-state index in [4.69, 9.17) is 4.74 Å². The first-order valence-electron chi connectivity index (χ1n) is 8.86. The molecule has 2 atom stereocenters. The van der Waals surface area contributed by atoms with Gasteiger partial charge in [0.05, 0.1) is 12.6 Å². The number of aliphatic imine (C=N–C) groups is 1. The van der Waals surface area contributed by atoms with Crippen molar-refractivity contribution in [3.8, 4) is 0 Å². The van der Waals surface area contributed by atoms with Crippen molar-refractivity contribution in [2.75, 3.05) is 19.7 Å². The molecule has 1 saturated heterocycles. The zero-order valence-electron chi connectivity index (χ0n) is 14.9. The number of nitrogens with zero attached hydrogens (tertiary/aromatic N) is 2. The minimum atomic E-state index is 0.165. The molecule has 2 unspecified atom stereocenters. The van der Waals surface area contributed by atoms with Crippen LogP contribution in [0.1, 0.15) is 34.9 Å². The van der Waals surface area contributed by atoms with Crippen LogP contribution >= 0.6 is 11.3 Å². The summed E-state index contributed by atoms with van der Waals surface area (Å²) in [5.74, 6) is 1.29. The highest BCUT2D eigenvalue weighted by molar-refractivity contribution is 7.11. The van der Waals surface area contributed by atoms with Crippen LogP contribution in [0, 0.1) is 12.8 Å². The fourth-order valence-electron chi connectivity index (χ4n) is 3.04. The zero-order chi connectivity index (χ0) is 17.5. The van der Waals surface area contributed by atoms with Gasteiger partial charge in [0.2, 0.25) is 0 Å². The number of rotatable bonds is 6. The van der Waals surface area contributed by atoms with Gasteiger partial charge in [-0.25, -0.2) is 9.98 Å². The lowest BCUT2D eigenvalue weighted by Gasteiger charge is -2.20. The normalized spacial score (nSPS) is 20.6. The maximum Gasteiger partial charge on any atom is 0.191 e. The number of benzene rings is 1. The van der Waals surface area contributed by atoms with Crippen LogP contribution in [0.25, 0.3) is 0 Å². The molecule has 6 heteroatoms. The predicted octanol–water partition coefficient (Wildman–Crippen LogP) is 3.28. The molecule has 134 valence electrons. The summed E-state index contributed by atoms with van der Waals surface area (Å²) in [5, 5.41) is 7.83. The summed E-state index contributed by atoms with van der Waals surface area (Å²) in [6, 6.07) is 10.5. The standard InChI is InChI=1S/C19H26N4OS/c1-3-20-19(23-13-17-21-11-14(2)25-17)22-12-16-9-10-24-18(16)15-7-5-4-6-8-15/h4-8,11,16,18H,3,9-10,12-13H2,1-2H3,(H2,20,22,23). The fraction of sp³-hybridized carbons (Fsp3) is 0.474. The Balaban J connectivity index is 1.58. The fourth-order valence-corrected chi connectivity index (χ4v) is 3.76. The average Bonchev–Trinajstić information content (AvgIpc) is 3.27. The number of nitrogens with one attached hydrogen (secondary N) is 2. The van der Waals surface area contributed by atoms with Gasteiger partial charge in [0.1, 0.15) is 5.01 Å². The SMILES string of the molecule is CCNC(=NCc1ncc(C)s1)NCC1CCOC1c1ccccc1. The van der Waals surface area contributed by atoms with Crippen LogP contribution in [0.4, 0.5) is 0 Å². The van der Waals surface area contributed by atoms with E-state index in [1.54, 1.807) is 11.3 Å². The van der Waals surface area contributed by atoms with Crippen LogP contribution in [0.3, 0.4) is 0 Å². The van der Waals surface area contributed by atoms with E-state index in [-0.39, 0.29) is 6.10 Å². The Labute approximate surface area is 153 Å². The summed E-state index contributed by atoms with van der Waals surface area (Å²) in [7, 11) is 0. The first-order chi connectivity index (χ1) is 12.3. The third-order valence-electron chi connectivity index (χ3n) is 4.26. The number of aromatic nitrogens is 1. The van der Waals surface area contributed by atoms with E-state index < -0.39 is 0 Å². The molecule has 2 N–H and O–H groups in total. The zero-order valence-corrected chi connectivity index (χ0v) is 15.7. The van der Waals surface area contributed by atoms with Gasteiger partial charge in [-0.2, -0.15) is 0 Å². The van der Waals surface area contributed by atoms with E-state index in [9.17, 15) is 0 Å². The molecule has 3 rings (SSSR count). The van der Waals surface area contributed by atoms with Crippen molar-refractivity contribution in [3.05, 3.63) is 52.0 Å². The summed E-state index contributed by atoms with van der Waals surface area (Å²) in [4.78, 5) is 10.2. The van der Waals surface area contributed by atoms with Crippen molar-refractivity contribution in [1.82, 2.24) is 15.6 Å². The molecule has 2 heterocycles. The summed E-state index contributed by atoms with van der Waals surface area (Å²) in [6.07, 6.45) is 3.13. The van der Waals surface area contributed by atoms with Crippen LogP contribution < -0.4 is 10.6 Å². The van der Waals surface area contributed by atoms with Gasteiger partial charge < -0.3 is 15.4 Å². The monoisotopic (exact) mass is 358 g/mol. The largest absolute Gasteiger partial charge is 0.373 e. The van der Waals surface area contributed by atoms with Gasteiger partial charge in [-0.3, -0.25) is 0 Å². The predicted molar refractivity (Wildman–Crippen MR) is 103 cm³/mol. The van der Waals surface area contributed by atoms with Crippen molar-refractivity contribution >= 4 is 17.3 Å². The van der Waals surface area contributed by atoms with Gasteiger partial charge in [-0.15, -0.1) is 11.3 Å². The smallest absolute Gasteiger partial charge is 0.191 e. The third-order valence-corrected chi connectivity index (χ3v) is 5.16. The molecule has 2 aromatic rings. The van der Waals surface area contributed by atoms with Gasteiger partial charge in [0.15, 0.2) is 5.96 Å². The van der Waals surface area contributed by atoms with Crippen LogP contribution in [0.2, 0.25) is 0 Å². The van der Waals surface area contributed by atoms with Gasteiger partial charge >= 0.3 is 0 Å². The van der Waals surface area contributed by atoms with Crippen molar-refractivity contribution in [2.24, 2.45) is 10.9 Å². The highest BCUT2D eigenvalue weighted by Gasteiger charge is 2.29. The Kier molecular flexibility index (Phi) is 6.42. The molecule has 0 saturated carbocycles. The van der Waals surface area contributed by atoms with Gasteiger partial charge in [0.25, 0.3) is 0 Å². The summed E-state index contributed by atoms with van der Waals surface area (Å²) >= 11 is 1.70. The molecule has 1 aliphatic rings. The lowest BCUT2D eigenvalue weighted by molar-refractivity contribution is 0.0915. The second kappa shape index (κ2) is 8.97. The Morgan fingerprint density at radius 2 is 2.16 bits per heavy atom. The Morgan fingerprint density at radius 1 is 1.32 bits per heavy atom. The Morgan fingerprint density at radius 3 is 2.88 bits per heavy atom. The topological polar surface area (TPSA) is 58.5 Å². The van der Waals surface area contributed by atoms with Gasteiger partial charge in [-0.05, 0) is 25.8 Å². The van der Waals surface area contributed by atoms with E-state index in [1.807, 2.05) is 12.3 Å². The summed E-state index contributed by atoms with van der Waals surface area (Å²) in [5.41, 5.74) is 1.26. The van der Waals surface area contributed by atoms with Crippen LogP contribution in [-0.4, -0.2) is 30.6 Å². The van der Waals surface area contributed by atoms with Crippen molar-refractivity contribution < 1.29 is 4.74 Å². The number of ether oxygens (including phenoxy) is 1. The Bertz CT molecular complexity index is 686. The molecule has 0 radical (unpaired) electrons. The number of hydrogen-bond acceptors (Lipinski definition) is 4. The quantitative estimate of drug-likeness (QED) is 0.615. The van der Waals surface area contributed by atoms with E-state index >= 15 is 0 Å². The molecular weight excluding hydrogens is 332 g/mol. The third kappa shape index (κ3) is 5.03. The number of thiazole rings is 1. The number of hydrogen-bond donors (Lipinski definition) is 2. The molecule has 25 heavy (non-hydrogen) atoms. The first kappa shape index (κ1) is 17.9. The second-order valence-electron chi connectivity index (χ2n) is 6.19. The maximum absolute atomic E-state index is 5.97. The lowest BCUT2D eigenvalue weighted by atomic mass is 9.95. The minimum absolute atomic E-state index is 0.165. The summed E-state index contributed by atoms with van der Waals surface area (Å²) in [6.45, 7) is 7.26. The van der Waals surface area contributed by atoms with Crippen molar-refractivity contribution in [3.63, 3.8) is 0 Å². The molecule has 5 nitrogen and oxygen atoms in total. The summed E-state index contributed by atoms with van der Waals surface area (Å²) < 4.78 is 5.97. The highest BCUT2D eigenvalue weighted by atomic mass is 32.1. The molecule has 0 bridgehead atoms. The van der Waals surface area contributed by atoms with E-state index in [1.165, 1.54) is 10.4 Å². The maximum atomic E-state index is 5.97. The molecular formula is C19H26N4OS. The lowest BCUT2D eigenvalue weighted by Crippen LogP contribution is -2.40. The molecule has 1 aromatic carbocycles. The van der Waals surface area contributed by atoms with E-state index in [0.29, 0.717) is 12.5 Å². The van der Waals surface area contributed by atoms with Crippen molar-refractivity contribution in [1.29, 1.82) is 0 Å².